The number of nitrogens with zero attached hydrogens (tertiary/aromatic N) is 3. The van der Waals surface area contributed by atoms with Crippen LogP contribution in [0, 0.1) is 10.1 Å². The fourth-order valence-corrected chi connectivity index (χ4v) is 3.11. The summed E-state index contributed by atoms with van der Waals surface area (Å²) in [6.07, 6.45) is 5.28. The summed E-state index contributed by atoms with van der Waals surface area (Å²) in [4.78, 5) is 17.1. The quantitative estimate of drug-likeness (QED) is 0.176. The van der Waals surface area contributed by atoms with Crippen LogP contribution in [0.2, 0.25) is 0 Å². The van der Waals surface area contributed by atoms with Gasteiger partial charge in [0.2, 0.25) is 0 Å². The average molecular weight is 392 g/mol. The largest absolute Gasteiger partial charge is 0.356 e. The first-order valence-corrected chi connectivity index (χ1v) is 10.4. The van der Waals surface area contributed by atoms with Gasteiger partial charge in [-0.3, -0.25) is 15.1 Å². The van der Waals surface area contributed by atoms with Gasteiger partial charge in [0.25, 0.3) is 5.69 Å². The van der Waals surface area contributed by atoms with Crippen LogP contribution in [0.4, 0.5) is 5.69 Å². The van der Waals surface area contributed by atoms with Crippen LogP contribution in [0.3, 0.4) is 0 Å². The van der Waals surface area contributed by atoms with E-state index in [4.69, 9.17) is 0 Å². The van der Waals surface area contributed by atoms with Gasteiger partial charge in [0, 0.05) is 31.8 Å². The molecule has 0 fully saturated rings. The van der Waals surface area contributed by atoms with E-state index in [1.165, 1.54) is 6.42 Å². The monoisotopic (exact) mass is 391 g/mol. The van der Waals surface area contributed by atoms with Crippen LogP contribution in [-0.2, 0) is 6.42 Å². The maximum absolute atomic E-state index is 10.7. The number of unbranched alkanes of at least 4 members (excludes halogenated alkanes) is 1. The van der Waals surface area contributed by atoms with Crippen molar-refractivity contribution in [2.45, 2.75) is 58.9 Å². The van der Waals surface area contributed by atoms with E-state index in [1.807, 2.05) is 12.1 Å². The second-order valence-corrected chi connectivity index (χ2v) is 7.09. The number of rotatable bonds is 13. The standard InChI is InChI=1S/C21H37N5O2/c1-5-25(6-2)17-9-10-18(3)24-21(22-4)23-16-8-7-11-19-12-14-20(15-13-19)26(27)28/h12-15,18H,5-11,16-17H2,1-4H3,(H2,22,23,24). The van der Waals surface area contributed by atoms with Crippen molar-refractivity contribution in [3.05, 3.63) is 39.9 Å². The van der Waals surface area contributed by atoms with Gasteiger partial charge in [0.15, 0.2) is 5.96 Å². The van der Waals surface area contributed by atoms with Crippen LogP contribution in [-0.4, -0.2) is 55.1 Å². The molecular weight excluding hydrogens is 354 g/mol. The van der Waals surface area contributed by atoms with Crippen LogP contribution >= 0.6 is 0 Å². The lowest BCUT2D eigenvalue weighted by atomic mass is 10.1. The summed E-state index contributed by atoms with van der Waals surface area (Å²) in [5.74, 6) is 0.852. The molecule has 28 heavy (non-hydrogen) atoms. The molecule has 0 saturated carbocycles. The van der Waals surface area contributed by atoms with E-state index in [9.17, 15) is 10.1 Å². The van der Waals surface area contributed by atoms with Gasteiger partial charge in [-0.2, -0.15) is 0 Å². The van der Waals surface area contributed by atoms with Crippen LogP contribution in [0.1, 0.15) is 52.0 Å². The summed E-state index contributed by atoms with van der Waals surface area (Å²) in [6.45, 7) is 10.8. The van der Waals surface area contributed by atoms with Gasteiger partial charge in [-0.05, 0) is 64.2 Å². The topological polar surface area (TPSA) is 82.8 Å². The molecule has 1 atom stereocenters. The highest BCUT2D eigenvalue weighted by atomic mass is 16.6. The Hall–Kier alpha value is -2.15. The number of non-ortho nitro benzene ring substituents is 1. The molecule has 7 nitrogen and oxygen atoms in total. The van der Waals surface area contributed by atoms with E-state index in [0.29, 0.717) is 6.04 Å². The molecule has 1 aromatic carbocycles. The number of guanidine groups is 1. The van der Waals surface area contributed by atoms with Crippen molar-refractivity contribution < 1.29 is 4.92 Å². The molecule has 0 spiro atoms. The van der Waals surface area contributed by atoms with E-state index in [-0.39, 0.29) is 10.6 Å². The maximum Gasteiger partial charge on any atom is 0.269 e. The summed E-state index contributed by atoms with van der Waals surface area (Å²) >= 11 is 0. The summed E-state index contributed by atoms with van der Waals surface area (Å²) in [5.41, 5.74) is 1.28. The Labute approximate surface area is 169 Å². The Morgan fingerprint density at radius 1 is 1.18 bits per heavy atom. The molecule has 0 aromatic heterocycles. The Balaban J connectivity index is 2.19. The molecule has 0 aliphatic rings. The zero-order valence-corrected chi connectivity index (χ0v) is 17.9. The maximum atomic E-state index is 10.7. The Bertz CT molecular complexity index is 585. The second-order valence-electron chi connectivity index (χ2n) is 7.09. The molecule has 158 valence electrons. The highest BCUT2D eigenvalue weighted by molar-refractivity contribution is 5.79. The van der Waals surface area contributed by atoms with Crippen LogP contribution in [0.25, 0.3) is 0 Å². The van der Waals surface area contributed by atoms with Gasteiger partial charge >= 0.3 is 0 Å². The predicted molar refractivity (Wildman–Crippen MR) is 117 cm³/mol. The summed E-state index contributed by atoms with van der Waals surface area (Å²) < 4.78 is 0. The number of aryl methyl sites for hydroxylation is 1. The molecule has 0 heterocycles. The molecule has 2 N–H and O–H groups in total. The molecule has 0 aliphatic heterocycles. The molecule has 0 radical (unpaired) electrons. The van der Waals surface area contributed by atoms with Crippen molar-refractivity contribution in [3.8, 4) is 0 Å². The van der Waals surface area contributed by atoms with Gasteiger partial charge < -0.3 is 15.5 Å². The van der Waals surface area contributed by atoms with Gasteiger partial charge in [-0.15, -0.1) is 0 Å². The van der Waals surface area contributed by atoms with E-state index in [1.54, 1.807) is 19.2 Å². The lowest BCUT2D eigenvalue weighted by Gasteiger charge is -2.21. The number of benzene rings is 1. The normalized spacial score (nSPS) is 12.8. The lowest BCUT2D eigenvalue weighted by molar-refractivity contribution is -0.384. The number of hydrogen-bond donors (Lipinski definition) is 2. The number of nitrogens with one attached hydrogen (secondary N) is 2. The van der Waals surface area contributed by atoms with Crippen molar-refractivity contribution >= 4 is 11.6 Å². The minimum Gasteiger partial charge on any atom is -0.356 e. The summed E-state index contributed by atoms with van der Waals surface area (Å²) in [7, 11) is 1.80. The van der Waals surface area contributed by atoms with Crippen molar-refractivity contribution in [2.24, 2.45) is 4.99 Å². The number of aliphatic imine (C=N–C) groups is 1. The minimum absolute atomic E-state index is 0.145. The number of hydrogen-bond acceptors (Lipinski definition) is 4. The van der Waals surface area contributed by atoms with E-state index < -0.39 is 0 Å². The summed E-state index contributed by atoms with van der Waals surface area (Å²) in [5, 5.41) is 17.5. The molecule has 1 unspecified atom stereocenters. The first-order valence-electron chi connectivity index (χ1n) is 10.4. The lowest BCUT2D eigenvalue weighted by Crippen LogP contribution is -2.42. The van der Waals surface area contributed by atoms with Crippen molar-refractivity contribution in [2.75, 3.05) is 33.2 Å². The fourth-order valence-electron chi connectivity index (χ4n) is 3.11. The molecule has 0 amide bonds. The number of nitro benzene ring substituents is 1. The fraction of sp³-hybridized carbons (Fsp3) is 0.667. The van der Waals surface area contributed by atoms with Crippen LogP contribution in [0.15, 0.2) is 29.3 Å². The van der Waals surface area contributed by atoms with Crippen molar-refractivity contribution in [1.29, 1.82) is 0 Å². The van der Waals surface area contributed by atoms with E-state index >= 15 is 0 Å². The Morgan fingerprint density at radius 3 is 2.43 bits per heavy atom. The van der Waals surface area contributed by atoms with E-state index in [0.717, 1.165) is 63.4 Å². The Morgan fingerprint density at radius 2 is 1.86 bits per heavy atom. The van der Waals surface area contributed by atoms with Crippen LogP contribution in [0.5, 0.6) is 0 Å². The molecule has 0 saturated heterocycles. The molecular formula is C21H37N5O2. The van der Waals surface area contributed by atoms with Gasteiger partial charge in [0.05, 0.1) is 4.92 Å². The first-order chi connectivity index (χ1) is 13.5. The van der Waals surface area contributed by atoms with E-state index in [2.05, 4.69) is 41.3 Å². The molecule has 1 aromatic rings. The number of nitro groups is 1. The second kappa shape index (κ2) is 13.9. The third-order valence-corrected chi connectivity index (χ3v) is 4.94. The third-order valence-electron chi connectivity index (χ3n) is 4.94. The SMILES string of the molecule is CCN(CC)CCCC(C)NC(=NC)NCCCCc1ccc([N+](=O)[O-])cc1. The molecule has 1 rings (SSSR count). The highest BCUT2D eigenvalue weighted by Crippen LogP contribution is 2.13. The highest BCUT2D eigenvalue weighted by Gasteiger charge is 2.07. The minimum atomic E-state index is -0.364. The smallest absolute Gasteiger partial charge is 0.269 e. The third kappa shape index (κ3) is 9.69. The van der Waals surface area contributed by atoms with Crippen LogP contribution < -0.4 is 10.6 Å². The van der Waals surface area contributed by atoms with Crippen molar-refractivity contribution in [3.63, 3.8) is 0 Å². The predicted octanol–water partition coefficient (Wildman–Crippen LogP) is 3.59. The zero-order valence-electron chi connectivity index (χ0n) is 17.9. The van der Waals surface area contributed by atoms with Gasteiger partial charge in [0.1, 0.15) is 0 Å². The van der Waals surface area contributed by atoms with Gasteiger partial charge in [-0.1, -0.05) is 26.0 Å². The first kappa shape index (κ1) is 23.9. The Kier molecular flexibility index (Phi) is 11.9. The van der Waals surface area contributed by atoms with Gasteiger partial charge in [-0.25, -0.2) is 0 Å². The molecule has 7 heteroatoms. The summed E-state index contributed by atoms with van der Waals surface area (Å²) in [6, 6.07) is 7.21. The molecule has 0 aliphatic carbocycles. The zero-order chi connectivity index (χ0) is 20.8. The van der Waals surface area contributed by atoms with Crippen molar-refractivity contribution in [1.82, 2.24) is 15.5 Å². The molecule has 0 bridgehead atoms. The average Bonchev–Trinajstić information content (AvgIpc) is 2.70.